The minimum absolute atomic E-state index is 0.0181. The molecule has 1 aliphatic rings. The Morgan fingerprint density at radius 2 is 1.59 bits per heavy atom. The molecule has 148 valence electrons. The molecule has 1 aliphatic carbocycles. The quantitative estimate of drug-likeness (QED) is 0.545. The highest BCUT2D eigenvalue weighted by atomic mass is 16.2. The molecule has 1 amide bonds. The lowest BCUT2D eigenvalue weighted by molar-refractivity contribution is 0.0975. The van der Waals surface area contributed by atoms with E-state index in [0.717, 1.165) is 24.2 Å². The third-order valence-electron chi connectivity index (χ3n) is 6.10. The highest BCUT2D eigenvalue weighted by Crippen LogP contribution is 2.41. The molecule has 3 aromatic rings. The van der Waals surface area contributed by atoms with Crippen molar-refractivity contribution in [3.63, 3.8) is 0 Å². The normalized spacial score (nSPS) is 15.6. The Kier molecular flexibility index (Phi) is 5.75. The van der Waals surface area contributed by atoms with Crippen LogP contribution in [0, 0.1) is 6.92 Å². The van der Waals surface area contributed by atoms with Crippen LogP contribution in [0.15, 0.2) is 79.0 Å². The van der Waals surface area contributed by atoms with Crippen LogP contribution >= 0.6 is 0 Å². The first kappa shape index (κ1) is 19.4. The van der Waals surface area contributed by atoms with Crippen molar-refractivity contribution in [3.8, 4) is 0 Å². The monoisotopic (exact) mass is 384 g/mol. The molecule has 2 aromatic carbocycles. The van der Waals surface area contributed by atoms with E-state index >= 15 is 0 Å². The van der Waals surface area contributed by atoms with E-state index in [1.165, 1.54) is 24.8 Å². The highest BCUT2D eigenvalue weighted by Gasteiger charge is 2.37. The van der Waals surface area contributed by atoms with Crippen molar-refractivity contribution in [2.45, 2.75) is 44.4 Å². The van der Waals surface area contributed by atoms with Crippen molar-refractivity contribution in [3.05, 3.63) is 95.7 Å². The molecule has 1 heterocycles. The number of benzene rings is 2. The summed E-state index contributed by atoms with van der Waals surface area (Å²) >= 11 is 0. The van der Waals surface area contributed by atoms with Crippen molar-refractivity contribution < 1.29 is 4.79 Å². The average molecular weight is 385 g/mol. The third-order valence-corrected chi connectivity index (χ3v) is 6.10. The van der Waals surface area contributed by atoms with Gasteiger partial charge in [-0.05, 0) is 55.2 Å². The van der Waals surface area contributed by atoms with Crippen LogP contribution in [0.1, 0.15) is 53.6 Å². The van der Waals surface area contributed by atoms with Crippen LogP contribution in [0.25, 0.3) is 0 Å². The van der Waals surface area contributed by atoms with Crippen LogP contribution in [0.3, 0.4) is 0 Å². The predicted octanol–water partition coefficient (Wildman–Crippen LogP) is 5.94. The van der Waals surface area contributed by atoms with Gasteiger partial charge < -0.3 is 0 Å². The molecule has 0 atom stereocenters. The van der Waals surface area contributed by atoms with E-state index in [1.54, 1.807) is 6.20 Å². The average Bonchev–Trinajstić information content (AvgIpc) is 2.79. The zero-order chi connectivity index (χ0) is 20.1. The van der Waals surface area contributed by atoms with Gasteiger partial charge in [-0.25, -0.2) is 4.98 Å². The van der Waals surface area contributed by atoms with Crippen LogP contribution in [-0.4, -0.2) is 17.4 Å². The van der Waals surface area contributed by atoms with Gasteiger partial charge in [-0.2, -0.15) is 0 Å². The summed E-state index contributed by atoms with van der Waals surface area (Å²) in [6, 6.07) is 24.3. The molecule has 3 heteroatoms. The Hall–Kier alpha value is -2.94. The molecule has 1 aromatic heterocycles. The van der Waals surface area contributed by atoms with Crippen molar-refractivity contribution in [1.29, 1.82) is 0 Å². The summed E-state index contributed by atoms with van der Waals surface area (Å²) in [6.45, 7) is 2.70. The fourth-order valence-corrected chi connectivity index (χ4v) is 4.52. The Labute approximate surface area is 173 Å². The molecule has 0 spiro atoms. The van der Waals surface area contributed by atoms with Gasteiger partial charge in [0.15, 0.2) is 0 Å². The van der Waals surface area contributed by atoms with E-state index in [2.05, 4.69) is 35.3 Å². The fraction of sp³-hybridized carbons (Fsp3) is 0.308. The molecule has 1 saturated carbocycles. The van der Waals surface area contributed by atoms with Gasteiger partial charge in [0.2, 0.25) is 0 Å². The smallest absolute Gasteiger partial charge is 0.259 e. The number of nitrogens with zero attached hydrogens (tertiary/aromatic N) is 2. The van der Waals surface area contributed by atoms with E-state index in [0.29, 0.717) is 12.1 Å². The first-order chi connectivity index (χ1) is 14.2. The Morgan fingerprint density at radius 3 is 2.24 bits per heavy atom. The zero-order valence-electron chi connectivity index (χ0n) is 17.1. The number of rotatable bonds is 5. The van der Waals surface area contributed by atoms with Crippen LogP contribution in [-0.2, 0) is 5.41 Å². The van der Waals surface area contributed by atoms with Gasteiger partial charge in [-0.15, -0.1) is 0 Å². The largest absolute Gasteiger partial charge is 0.292 e. The standard InChI is InChI=1S/C26H28N2O/c1-21-15-18-27-24(19-21)28(25(29)22-11-5-2-6-12-22)20-26(16-9-4-10-17-26)23-13-7-3-8-14-23/h2-3,5-8,11-15,18-19H,4,9-10,16-17,20H2,1H3. The van der Waals surface area contributed by atoms with Crippen LogP contribution in [0.2, 0.25) is 0 Å². The van der Waals surface area contributed by atoms with Gasteiger partial charge >= 0.3 is 0 Å². The summed E-state index contributed by atoms with van der Waals surface area (Å²) < 4.78 is 0. The highest BCUT2D eigenvalue weighted by molar-refractivity contribution is 6.05. The summed E-state index contributed by atoms with van der Waals surface area (Å²) in [7, 11) is 0. The van der Waals surface area contributed by atoms with Gasteiger partial charge in [0.05, 0.1) is 0 Å². The molecule has 0 radical (unpaired) electrons. The molecular formula is C26H28N2O. The Morgan fingerprint density at radius 1 is 0.931 bits per heavy atom. The number of aryl methyl sites for hydroxylation is 1. The number of hydrogen-bond acceptors (Lipinski definition) is 2. The maximum Gasteiger partial charge on any atom is 0.259 e. The molecule has 4 rings (SSSR count). The predicted molar refractivity (Wildman–Crippen MR) is 118 cm³/mol. The van der Waals surface area contributed by atoms with Crippen LogP contribution in [0.5, 0.6) is 0 Å². The lowest BCUT2D eigenvalue weighted by Gasteiger charge is -2.41. The summed E-state index contributed by atoms with van der Waals surface area (Å²) in [5, 5.41) is 0. The van der Waals surface area contributed by atoms with Gasteiger partial charge in [0.1, 0.15) is 5.82 Å². The van der Waals surface area contributed by atoms with Crippen molar-refractivity contribution in [1.82, 2.24) is 4.98 Å². The van der Waals surface area contributed by atoms with E-state index in [1.807, 2.05) is 54.3 Å². The van der Waals surface area contributed by atoms with Crippen molar-refractivity contribution >= 4 is 11.7 Å². The minimum atomic E-state index is -0.0324. The number of amides is 1. The number of pyridine rings is 1. The SMILES string of the molecule is Cc1ccnc(N(CC2(c3ccccc3)CCCCC2)C(=O)c2ccccc2)c1. The van der Waals surface area contributed by atoms with Gasteiger partial charge in [-0.1, -0.05) is 67.8 Å². The van der Waals surface area contributed by atoms with E-state index < -0.39 is 0 Å². The van der Waals surface area contributed by atoms with Gasteiger partial charge in [-0.3, -0.25) is 9.69 Å². The summed E-state index contributed by atoms with van der Waals surface area (Å²) in [6.07, 6.45) is 7.66. The number of carbonyl (C=O) groups is 1. The lowest BCUT2D eigenvalue weighted by Crippen LogP contribution is -2.45. The second-order valence-electron chi connectivity index (χ2n) is 8.16. The molecule has 0 bridgehead atoms. The zero-order valence-corrected chi connectivity index (χ0v) is 17.1. The minimum Gasteiger partial charge on any atom is -0.292 e. The molecule has 0 unspecified atom stereocenters. The Bertz CT molecular complexity index is 947. The molecule has 1 fully saturated rings. The molecule has 0 saturated heterocycles. The second-order valence-corrected chi connectivity index (χ2v) is 8.16. The van der Waals surface area contributed by atoms with Crippen LogP contribution in [0.4, 0.5) is 5.82 Å². The third kappa shape index (κ3) is 4.24. The first-order valence-corrected chi connectivity index (χ1v) is 10.5. The van der Waals surface area contributed by atoms with Crippen molar-refractivity contribution in [2.75, 3.05) is 11.4 Å². The summed E-state index contributed by atoms with van der Waals surface area (Å²) in [5.41, 5.74) is 3.11. The van der Waals surface area contributed by atoms with E-state index in [9.17, 15) is 4.79 Å². The summed E-state index contributed by atoms with van der Waals surface area (Å²) in [4.78, 5) is 20.1. The van der Waals surface area contributed by atoms with Gasteiger partial charge in [0, 0.05) is 23.7 Å². The number of carbonyl (C=O) groups excluding carboxylic acids is 1. The Balaban J connectivity index is 1.76. The first-order valence-electron chi connectivity index (χ1n) is 10.5. The van der Waals surface area contributed by atoms with E-state index in [4.69, 9.17) is 0 Å². The number of hydrogen-bond donors (Lipinski definition) is 0. The molecule has 3 nitrogen and oxygen atoms in total. The number of aromatic nitrogens is 1. The number of anilines is 1. The lowest BCUT2D eigenvalue weighted by atomic mass is 9.69. The second kappa shape index (κ2) is 8.60. The maximum atomic E-state index is 13.6. The van der Waals surface area contributed by atoms with E-state index in [-0.39, 0.29) is 11.3 Å². The topological polar surface area (TPSA) is 33.2 Å². The summed E-state index contributed by atoms with van der Waals surface area (Å²) in [5.74, 6) is 0.754. The van der Waals surface area contributed by atoms with Crippen molar-refractivity contribution in [2.24, 2.45) is 0 Å². The van der Waals surface area contributed by atoms with Crippen LogP contribution < -0.4 is 4.90 Å². The molecule has 0 aliphatic heterocycles. The molecular weight excluding hydrogens is 356 g/mol. The fourth-order valence-electron chi connectivity index (χ4n) is 4.52. The molecule has 0 N–H and O–H groups in total. The van der Waals surface area contributed by atoms with Gasteiger partial charge in [0.25, 0.3) is 5.91 Å². The molecule has 29 heavy (non-hydrogen) atoms. The maximum absolute atomic E-state index is 13.6.